The maximum atomic E-state index is 13.6. The van der Waals surface area contributed by atoms with Crippen molar-refractivity contribution in [2.75, 3.05) is 51.3 Å². The molecule has 0 aromatic heterocycles. The van der Waals surface area contributed by atoms with Crippen molar-refractivity contribution >= 4 is 23.3 Å². The average Bonchev–Trinajstić information content (AvgIpc) is 3.43. The number of ketones is 1. The van der Waals surface area contributed by atoms with Gasteiger partial charge in [-0.2, -0.15) is 0 Å². The fourth-order valence-electron chi connectivity index (χ4n) is 6.10. The van der Waals surface area contributed by atoms with Gasteiger partial charge in [0.2, 0.25) is 5.91 Å². The van der Waals surface area contributed by atoms with Crippen LogP contribution >= 0.6 is 0 Å². The van der Waals surface area contributed by atoms with E-state index in [0.717, 1.165) is 37.9 Å². The standard InChI is InChI=1S/C28H40N4O5/c1-18(2)15-22(28(35)32-16-24(36-3)26-25(32)23(33)17-37-26)29-27(34)19-7-9-21(10-8-19)31-13-11-30(12-14-31)20-5-4-6-20/h7-10,18,20,22,24-26H,4-6,11-17H2,1-3H3,(H,29,34)/t22?,24-,25+,26+/m0/s1. The topological polar surface area (TPSA) is 91.4 Å². The second kappa shape index (κ2) is 11.1. The van der Waals surface area contributed by atoms with Gasteiger partial charge in [-0.15, -0.1) is 0 Å². The second-order valence-corrected chi connectivity index (χ2v) is 11.3. The minimum absolute atomic E-state index is 0.0117. The highest BCUT2D eigenvalue weighted by Gasteiger charge is 2.53. The minimum Gasteiger partial charge on any atom is -0.377 e. The van der Waals surface area contributed by atoms with E-state index in [0.29, 0.717) is 12.0 Å². The number of carbonyl (C=O) groups is 3. The molecule has 2 amide bonds. The number of anilines is 1. The van der Waals surface area contributed by atoms with Gasteiger partial charge < -0.3 is 24.6 Å². The van der Waals surface area contributed by atoms with Crippen molar-refractivity contribution in [1.82, 2.24) is 15.1 Å². The second-order valence-electron chi connectivity index (χ2n) is 11.3. The van der Waals surface area contributed by atoms with Crippen molar-refractivity contribution in [1.29, 1.82) is 0 Å². The number of fused-ring (bicyclic) bond motifs is 1. The summed E-state index contributed by atoms with van der Waals surface area (Å²) < 4.78 is 11.1. The zero-order chi connectivity index (χ0) is 26.1. The predicted octanol–water partition coefficient (Wildman–Crippen LogP) is 1.70. The number of carbonyl (C=O) groups excluding carboxylic acids is 3. The van der Waals surface area contributed by atoms with Crippen molar-refractivity contribution in [3.63, 3.8) is 0 Å². The van der Waals surface area contributed by atoms with Gasteiger partial charge in [0.15, 0.2) is 5.78 Å². The van der Waals surface area contributed by atoms with Crippen molar-refractivity contribution < 1.29 is 23.9 Å². The Balaban J connectivity index is 1.22. The maximum Gasteiger partial charge on any atom is 0.251 e. The number of hydrogen-bond acceptors (Lipinski definition) is 7. The largest absolute Gasteiger partial charge is 0.377 e. The zero-order valence-electron chi connectivity index (χ0n) is 22.2. The molecule has 1 saturated carbocycles. The number of benzene rings is 1. The lowest BCUT2D eigenvalue weighted by Gasteiger charge is -2.43. The number of ether oxygens (including phenoxy) is 2. The van der Waals surface area contributed by atoms with Crippen LogP contribution in [0.25, 0.3) is 0 Å². The molecule has 5 rings (SSSR count). The molecule has 9 heteroatoms. The zero-order valence-corrected chi connectivity index (χ0v) is 22.2. The maximum absolute atomic E-state index is 13.6. The van der Waals surface area contributed by atoms with Crippen LogP contribution in [0.3, 0.4) is 0 Å². The molecule has 0 spiro atoms. The quantitative estimate of drug-likeness (QED) is 0.567. The summed E-state index contributed by atoms with van der Waals surface area (Å²) in [5, 5.41) is 2.96. The van der Waals surface area contributed by atoms with Crippen LogP contribution in [-0.4, -0.2) is 104 Å². The third-order valence-corrected chi connectivity index (χ3v) is 8.43. The normalized spacial score (nSPS) is 27.4. The molecule has 3 aliphatic heterocycles. The Hall–Kier alpha value is -2.49. The summed E-state index contributed by atoms with van der Waals surface area (Å²) in [6.07, 6.45) is 3.71. The van der Waals surface area contributed by atoms with Crippen molar-refractivity contribution in [2.45, 2.75) is 69.9 Å². The molecule has 0 bridgehead atoms. The molecule has 1 aromatic rings. The SMILES string of the molecule is CO[C@H]1CN(C(=O)C(CC(C)C)NC(=O)c2ccc(N3CCN(C4CCC4)CC3)cc2)[C@@H]2C(=O)CO[C@H]12. The first-order valence-electron chi connectivity index (χ1n) is 13.7. The summed E-state index contributed by atoms with van der Waals surface area (Å²) in [5.41, 5.74) is 1.64. The molecule has 37 heavy (non-hydrogen) atoms. The van der Waals surface area contributed by atoms with Crippen molar-refractivity contribution in [2.24, 2.45) is 5.92 Å². The van der Waals surface area contributed by atoms with Gasteiger partial charge in [0.1, 0.15) is 30.9 Å². The highest BCUT2D eigenvalue weighted by atomic mass is 16.5. The van der Waals surface area contributed by atoms with E-state index in [1.807, 2.05) is 38.1 Å². The van der Waals surface area contributed by atoms with Crippen LogP contribution in [-0.2, 0) is 19.1 Å². The van der Waals surface area contributed by atoms with Crippen LogP contribution in [0.15, 0.2) is 24.3 Å². The Morgan fingerprint density at radius 1 is 1.11 bits per heavy atom. The molecule has 9 nitrogen and oxygen atoms in total. The van der Waals surface area contributed by atoms with Gasteiger partial charge in [0.05, 0.1) is 6.54 Å². The third-order valence-electron chi connectivity index (χ3n) is 8.43. The third kappa shape index (κ3) is 5.40. The Bertz CT molecular complexity index is 987. The molecule has 4 fully saturated rings. The summed E-state index contributed by atoms with van der Waals surface area (Å²) >= 11 is 0. The number of nitrogens with zero attached hydrogens (tertiary/aromatic N) is 3. The first-order valence-corrected chi connectivity index (χ1v) is 13.7. The summed E-state index contributed by atoms with van der Waals surface area (Å²) in [6, 6.07) is 7.07. The smallest absolute Gasteiger partial charge is 0.251 e. The average molecular weight is 513 g/mol. The number of methoxy groups -OCH3 is 1. The van der Waals surface area contributed by atoms with E-state index in [-0.39, 0.29) is 42.8 Å². The van der Waals surface area contributed by atoms with Gasteiger partial charge in [-0.05, 0) is 49.4 Å². The highest BCUT2D eigenvalue weighted by molar-refractivity contribution is 5.99. The Labute approximate surface area is 219 Å². The number of piperazine rings is 1. The Morgan fingerprint density at radius 3 is 2.41 bits per heavy atom. The van der Waals surface area contributed by atoms with Crippen LogP contribution in [0.2, 0.25) is 0 Å². The fourth-order valence-corrected chi connectivity index (χ4v) is 6.10. The number of likely N-dealkylation sites (tertiary alicyclic amines) is 1. The van der Waals surface area contributed by atoms with Crippen LogP contribution in [0.5, 0.6) is 0 Å². The molecule has 1 N–H and O–H groups in total. The Morgan fingerprint density at radius 2 is 1.81 bits per heavy atom. The van der Waals surface area contributed by atoms with Gasteiger partial charge in [0, 0.05) is 50.6 Å². The molecule has 1 aliphatic carbocycles. The first-order chi connectivity index (χ1) is 17.9. The molecular weight excluding hydrogens is 472 g/mol. The predicted molar refractivity (Wildman–Crippen MR) is 140 cm³/mol. The van der Waals surface area contributed by atoms with Gasteiger partial charge in [-0.25, -0.2) is 0 Å². The van der Waals surface area contributed by atoms with Crippen LogP contribution in [0.1, 0.15) is 49.9 Å². The van der Waals surface area contributed by atoms with E-state index < -0.39 is 18.2 Å². The lowest BCUT2D eigenvalue weighted by atomic mass is 9.91. The van der Waals surface area contributed by atoms with E-state index in [1.165, 1.54) is 19.3 Å². The van der Waals surface area contributed by atoms with Crippen molar-refractivity contribution in [3.8, 4) is 0 Å². The van der Waals surface area contributed by atoms with Gasteiger partial charge in [-0.1, -0.05) is 20.3 Å². The van der Waals surface area contributed by atoms with Crippen LogP contribution in [0, 0.1) is 5.92 Å². The van der Waals surface area contributed by atoms with Gasteiger partial charge in [0.25, 0.3) is 5.91 Å². The molecule has 4 aliphatic rings. The molecular formula is C28H40N4O5. The molecule has 4 atom stereocenters. The number of nitrogens with one attached hydrogen (secondary N) is 1. The number of amides is 2. The van der Waals surface area contributed by atoms with Crippen LogP contribution < -0.4 is 10.2 Å². The molecule has 1 unspecified atom stereocenters. The van der Waals surface area contributed by atoms with Gasteiger partial charge in [-0.3, -0.25) is 19.3 Å². The number of hydrogen-bond donors (Lipinski definition) is 1. The van der Waals surface area contributed by atoms with Crippen molar-refractivity contribution in [3.05, 3.63) is 29.8 Å². The molecule has 1 aromatic carbocycles. The van der Waals surface area contributed by atoms with Gasteiger partial charge >= 0.3 is 0 Å². The molecule has 3 heterocycles. The lowest BCUT2D eigenvalue weighted by Crippen LogP contribution is -2.52. The summed E-state index contributed by atoms with van der Waals surface area (Å²) in [7, 11) is 1.56. The first kappa shape index (κ1) is 26.1. The summed E-state index contributed by atoms with van der Waals surface area (Å²) in [6.45, 7) is 8.46. The van der Waals surface area contributed by atoms with E-state index >= 15 is 0 Å². The van der Waals surface area contributed by atoms with E-state index in [9.17, 15) is 14.4 Å². The van der Waals surface area contributed by atoms with E-state index in [1.54, 1.807) is 12.0 Å². The Kier molecular flexibility index (Phi) is 7.83. The van der Waals surface area contributed by atoms with Crippen LogP contribution in [0.4, 0.5) is 5.69 Å². The summed E-state index contributed by atoms with van der Waals surface area (Å²) in [5.74, 6) is -0.469. The minimum atomic E-state index is -0.726. The molecule has 0 radical (unpaired) electrons. The van der Waals surface area contributed by atoms with E-state index in [2.05, 4.69) is 15.1 Å². The van der Waals surface area contributed by atoms with E-state index in [4.69, 9.17) is 9.47 Å². The fraction of sp³-hybridized carbons (Fsp3) is 0.679. The molecule has 3 saturated heterocycles. The molecule has 202 valence electrons. The monoisotopic (exact) mass is 512 g/mol. The number of rotatable bonds is 8. The summed E-state index contributed by atoms with van der Waals surface area (Å²) in [4.78, 5) is 45.8. The highest BCUT2D eigenvalue weighted by Crippen LogP contribution is 2.30. The number of Topliss-reactive ketones (excluding diaryl/α,β-unsaturated/α-hetero) is 1. The lowest BCUT2D eigenvalue weighted by molar-refractivity contribution is -0.138.